The van der Waals surface area contributed by atoms with Crippen LogP contribution in [0, 0.1) is 11.6 Å². The highest BCUT2D eigenvalue weighted by molar-refractivity contribution is 8.03. The number of imide groups is 1. The third-order valence-corrected chi connectivity index (χ3v) is 5.88. The number of thiophene rings is 1. The zero-order valence-corrected chi connectivity index (χ0v) is 15.3. The number of anilines is 1. The first-order valence-electron chi connectivity index (χ1n) is 7.83. The SMILES string of the molecule is O=C1C(SCc2ccco2)=C(c2cccs2)C(=O)N1c1cc(F)ccc1F. The van der Waals surface area contributed by atoms with Crippen LogP contribution in [0.3, 0.4) is 0 Å². The maximum absolute atomic E-state index is 14.2. The quantitative estimate of drug-likeness (QED) is 0.572. The molecule has 0 saturated heterocycles. The van der Waals surface area contributed by atoms with E-state index in [9.17, 15) is 18.4 Å². The number of carbonyl (C=O) groups excluding carboxylic acids is 2. The third-order valence-electron chi connectivity index (χ3n) is 3.90. The molecule has 2 aromatic heterocycles. The standard InChI is InChI=1S/C19H11F2NO3S2/c20-11-5-6-13(21)14(9-11)22-18(23)16(15-4-2-8-26-15)17(19(22)24)27-10-12-3-1-7-25-12/h1-9H,10H2. The summed E-state index contributed by atoms with van der Waals surface area (Å²) in [7, 11) is 0. The number of carbonyl (C=O) groups is 2. The summed E-state index contributed by atoms with van der Waals surface area (Å²) >= 11 is 2.43. The van der Waals surface area contributed by atoms with E-state index in [1.165, 1.54) is 17.6 Å². The van der Waals surface area contributed by atoms with Gasteiger partial charge in [0.25, 0.3) is 11.8 Å². The Hall–Kier alpha value is -2.71. The zero-order chi connectivity index (χ0) is 19.0. The van der Waals surface area contributed by atoms with E-state index < -0.39 is 29.1 Å². The number of rotatable bonds is 5. The fourth-order valence-electron chi connectivity index (χ4n) is 2.70. The highest BCUT2D eigenvalue weighted by atomic mass is 32.2. The molecule has 4 rings (SSSR count). The van der Waals surface area contributed by atoms with Gasteiger partial charge in [0.05, 0.1) is 28.2 Å². The second kappa shape index (κ2) is 7.13. The Morgan fingerprint density at radius 2 is 1.93 bits per heavy atom. The first-order chi connectivity index (χ1) is 13.1. The molecule has 4 nitrogen and oxygen atoms in total. The van der Waals surface area contributed by atoms with Gasteiger partial charge in [-0.05, 0) is 35.7 Å². The minimum atomic E-state index is -0.846. The number of halogens is 2. The first-order valence-corrected chi connectivity index (χ1v) is 9.70. The van der Waals surface area contributed by atoms with Crippen molar-refractivity contribution in [2.24, 2.45) is 0 Å². The van der Waals surface area contributed by atoms with Gasteiger partial charge in [-0.1, -0.05) is 6.07 Å². The molecule has 0 radical (unpaired) electrons. The van der Waals surface area contributed by atoms with Gasteiger partial charge in [-0.15, -0.1) is 23.1 Å². The zero-order valence-electron chi connectivity index (χ0n) is 13.6. The number of furan rings is 1. The number of thioether (sulfide) groups is 1. The predicted molar refractivity (Wildman–Crippen MR) is 100 cm³/mol. The van der Waals surface area contributed by atoms with Crippen LogP contribution >= 0.6 is 23.1 Å². The summed E-state index contributed by atoms with van der Waals surface area (Å²) < 4.78 is 33.1. The van der Waals surface area contributed by atoms with Crippen molar-refractivity contribution < 1.29 is 22.8 Å². The Kier molecular flexibility index (Phi) is 4.67. The molecule has 2 amide bonds. The first kappa shape index (κ1) is 17.7. The van der Waals surface area contributed by atoms with Crippen LogP contribution in [0.4, 0.5) is 14.5 Å². The molecule has 0 bridgehead atoms. The molecule has 1 aliphatic heterocycles. The Labute approximate surface area is 161 Å². The third kappa shape index (κ3) is 3.22. The highest BCUT2D eigenvalue weighted by Crippen LogP contribution is 2.41. The van der Waals surface area contributed by atoms with Gasteiger partial charge in [0.2, 0.25) is 0 Å². The topological polar surface area (TPSA) is 50.5 Å². The fourth-order valence-corrected chi connectivity index (χ4v) is 4.54. The largest absolute Gasteiger partial charge is 0.468 e. The van der Waals surface area contributed by atoms with Gasteiger partial charge < -0.3 is 4.42 Å². The van der Waals surface area contributed by atoms with E-state index in [0.29, 0.717) is 21.3 Å². The number of amides is 2. The van der Waals surface area contributed by atoms with Crippen molar-refractivity contribution in [1.82, 2.24) is 0 Å². The monoisotopic (exact) mass is 403 g/mol. The predicted octanol–water partition coefficient (Wildman–Crippen LogP) is 4.84. The number of hydrogen-bond acceptors (Lipinski definition) is 5. The Bertz CT molecular complexity index is 1040. The number of hydrogen-bond donors (Lipinski definition) is 0. The maximum atomic E-state index is 14.2. The lowest BCUT2D eigenvalue weighted by molar-refractivity contribution is -0.119. The van der Waals surface area contributed by atoms with E-state index in [-0.39, 0.29) is 10.5 Å². The summed E-state index contributed by atoms with van der Waals surface area (Å²) in [5.74, 6) is -1.97. The smallest absolute Gasteiger partial charge is 0.272 e. The molecule has 0 fully saturated rings. The number of benzene rings is 1. The van der Waals surface area contributed by atoms with Crippen LogP contribution in [0.15, 0.2) is 63.4 Å². The van der Waals surface area contributed by atoms with E-state index in [2.05, 4.69) is 0 Å². The van der Waals surface area contributed by atoms with Gasteiger partial charge in [0, 0.05) is 10.9 Å². The van der Waals surface area contributed by atoms with Gasteiger partial charge in [0.15, 0.2) is 0 Å². The highest BCUT2D eigenvalue weighted by Gasteiger charge is 2.41. The van der Waals surface area contributed by atoms with Crippen LogP contribution in [-0.4, -0.2) is 11.8 Å². The molecule has 1 aromatic carbocycles. The van der Waals surface area contributed by atoms with Gasteiger partial charge in [0.1, 0.15) is 17.4 Å². The fraction of sp³-hybridized carbons (Fsp3) is 0.0526. The second-order valence-electron chi connectivity index (χ2n) is 5.59. The number of nitrogens with zero attached hydrogens (tertiary/aromatic N) is 1. The van der Waals surface area contributed by atoms with Crippen LogP contribution < -0.4 is 4.90 Å². The Morgan fingerprint density at radius 3 is 2.63 bits per heavy atom. The molecule has 0 saturated carbocycles. The lowest BCUT2D eigenvalue weighted by atomic mass is 10.2. The summed E-state index contributed by atoms with van der Waals surface area (Å²) in [6.07, 6.45) is 1.51. The average Bonchev–Trinajstić information content (AvgIpc) is 3.38. The molecule has 0 unspecified atom stereocenters. The molecule has 136 valence electrons. The minimum absolute atomic E-state index is 0.183. The molecule has 0 spiro atoms. The van der Waals surface area contributed by atoms with Crippen molar-refractivity contribution in [2.75, 3.05) is 4.90 Å². The molecular formula is C19H11F2NO3S2. The average molecular weight is 403 g/mol. The molecular weight excluding hydrogens is 392 g/mol. The molecule has 3 heterocycles. The molecule has 8 heteroatoms. The van der Waals surface area contributed by atoms with E-state index >= 15 is 0 Å². The van der Waals surface area contributed by atoms with Crippen molar-refractivity contribution in [3.63, 3.8) is 0 Å². The van der Waals surface area contributed by atoms with Gasteiger partial charge >= 0.3 is 0 Å². The Morgan fingerprint density at radius 1 is 1.07 bits per heavy atom. The van der Waals surface area contributed by atoms with Gasteiger partial charge in [-0.25, -0.2) is 13.7 Å². The summed E-state index contributed by atoms with van der Waals surface area (Å²) in [6, 6.07) is 9.62. The minimum Gasteiger partial charge on any atom is -0.468 e. The lowest BCUT2D eigenvalue weighted by Gasteiger charge is -2.15. The summed E-state index contributed by atoms with van der Waals surface area (Å²) in [4.78, 5) is 27.4. The normalized spacial score (nSPS) is 14.5. The van der Waals surface area contributed by atoms with E-state index in [4.69, 9.17) is 4.42 Å². The van der Waals surface area contributed by atoms with Crippen LogP contribution in [0.1, 0.15) is 10.6 Å². The van der Waals surface area contributed by atoms with Crippen molar-refractivity contribution in [3.05, 3.63) is 81.3 Å². The van der Waals surface area contributed by atoms with Gasteiger partial charge in [-0.3, -0.25) is 9.59 Å². The van der Waals surface area contributed by atoms with Crippen LogP contribution in [0.5, 0.6) is 0 Å². The van der Waals surface area contributed by atoms with Crippen molar-refractivity contribution >= 4 is 46.2 Å². The summed E-state index contributed by atoms with van der Waals surface area (Å²) in [5, 5.41) is 1.78. The molecule has 1 aliphatic rings. The molecule has 3 aromatic rings. The van der Waals surface area contributed by atoms with Crippen LogP contribution in [0.2, 0.25) is 0 Å². The Balaban J connectivity index is 1.76. The summed E-state index contributed by atoms with van der Waals surface area (Å²) in [6.45, 7) is 0. The van der Waals surface area contributed by atoms with Crippen molar-refractivity contribution in [3.8, 4) is 0 Å². The lowest BCUT2D eigenvalue weighted by Crippen LogP contribution is -2.32. The van der Waals surface area contributed by atoms with Crippen molar-refractivity contribution in [2.45, 2.75) is 5.75 Å². The van der Waals surface area contributed by atoms with E-state index in [1.54, 1.807) is 29.6 Å². The van der Waals surface area contributed by atoms with Crippen LogP contribution in [0.25, 0.3) is 5.57 Å². The maximum Gasteiger partial charge on any atom is 0.272 e. The van der Waals surface area contributed by atoms with E-state index in [0.717, 1.165) is 30.0 Å². The molecule has 27 heavy (non-hydrogen) atoms. The van der Waals surface area contributed by atoms with Gasteiger partial charge in [-0.2, -0.15) is 0 Å². The second-order valence-corrected chi connectivity index (χ2v) is 7.52. The van der Waals surface area contributed by atoms with Crippen molar-refractivity contribution in [1.29, 1.82) is 0 Å². The summed E-state index contributed by atoms with van der Waals surface area (Å²) in [5.41, 5.74) is -0.206. The van der Waals surface area contributed by atoms with Crippen LogP contribution in [-0.2, 0) is 15.3 Å². The molecule has 0 atom stereocenters. The molecule has 0 aliphatic carbocycles. The molecule has 0 N–H and O–H groups in total. The van der Waals surface area contributed by atoms with E-state index in [1.807, 2.05) is 0 Å².